The summed E-state index contributed by atoms with van der Waals surface area (Å²) < 4.78 is 10.7. The topological polar surface area (TPSA) is 52.6 Å². The summed E-state index contributed by atoms with van der Waals surface area (Å²) in [4.78, 5) is 24.6. The minimum absolute atomic E-state index is 0.146. The molecule has 2 aliphatic carbocycles. The molecule has 0 aromatic heterocycles. The molecule has 118 valence electrons. The molecule has 2 aliphatic rings. The molecule has 0 heterocycles. The molecule has 4 atom stereocenters. The number of allylic oxidation sites excluding steroid dienone is 2. The number of carbonyl (C=O) groups is 2. The van der Waals surface area contributed by atoms with Gasteiger partial charge in [-0.25, -0.2) is 0 Å². The second kappa shape index (κ2) is 7.62. The van der Waals surface area contributed by atoms with Crippen LogP contribution in [0.25, 0.3) is 0 Å². The van der Waals surface area contributed by atoms with Crippen LogP contribution in [-0.4, -0.2) is 25.2 Å². The quantitative estimate of drug-likeness (QED) is 0.392. The monoisotopic (exact) mass is 294 g/mol. The van der Waals surface area contributed by atoms with Crippen LogP contribution < -0.4 is 0 Å². The second-order valence-corrected chi connectivity index (χ2v) is 6.04. The third-order valence-corrected chi connectivity index (χ3v) is 4.49. The number of carbonyl (C=O) groups excluding carboxylic acids is 2. The van der Waals surface area contributed by atoms with Gasteiger partial charge in [-0.3, -0.25) is 9.59 Å². The Morgan fingerprint density at radius 3 is 1.71 bits per heavy atom. The molecule has 0 N–H and O–H groups in total. The Labute approximate surface area is 126 Å². The third kappa shape index (κ3) is 3.66. The zero-order chi connectivity index (χ0) is 15.2. The van der Waals surface area contributed by atoms with Crippen LogP contribution in [0.15, 0.2) is 12.2 Å². The summed E-state index contributed by atoms with van der Waals surface area (Å²) in [6, 6.07) is 0. The van der Waals surface area contributed by atoms with Crippen LogP contribution in [0.5, 0.6) is 0 Å². The third-order valence-electron chi connectivity index (χ3n) is 4.49. The van der Waals surface area contributed by atoms with Crippen LogP contribution in [0.4, 0.5) is 0 Å². The molecule has 1 saturated carbocycles. The van der Waals surface area contributed by atoms with Gasteiger partial charge in [-0.15, -0.1) is 0 Å². The maximum absolute atomic E-state index is 12.3. The van der Waals surface area contributed by atoms with E-state index >= 15 is 0 Å². The molecule has 4 heteroatoms. The molecule has 0 aromatic rings. The number of hydrogen-bond acceptors (Lipinski definition) is 4. The van der Waals surface area contributed by atoms with E-state index in [4.69, 9.17) is 9.47 Å². The number of fused-ring (bicyclic) bond motifs is 2. The average Bonchev–Trinajstić information content (AvgIpc) is 3.08. The van der Waals surface area contributed by atoms with E-state index in [-0.39, 0.29) is 35.6 Å². The average molecular weight is 294 g/mol. The fourth-order valence-corrected chi connectivity index (χ4v) is 3.29. The fourth-order valence-electron chi connectivity index (χ4n) is 3.29. The Hall–Kier alpha value is -1.32. The molecule has 0 aliphatic heterocycles. The highest BCUT2D eigenvalue weighted by Gasteiger charge is 2.52. The van der Waals surface area contributed by atoms with Crippen LogP contribution >= 0.6 is 0 Å². The van der Waals surface area contributed by atoms with E-state index in [2.05, 4.69) is 26.0 Å². The van der Waals surface area contributed by atoms with E-state index in [1.807, 2.05) is 0 Å². The van der Waals surface area contributed by atoms with Gasteiger partial charge in [0.25, 0.3) is 0 Å². The van der Waals surface area contributed by atoms with Crippen molar-refractivity contribution in [2.24, 2.45) is 23.7 Å². The first-order valence-electron chi connectivity index (χ1n) is 8.20. The van der Waals surface area contributed by atoms with Crippen molar-refractivity contribution in [3.05, 3.63) is 12.2 Å². The van der Waals surface area contributed by atoms with Crippen molar-refractivity contribution in [2.45, 2.75) is 46.0 Å². The molecule has 0 radical (unpaired) electrons. The van der Waals surface area contributed by atoms with Crippen molar-refractivity contribution in [1.29, 1.82) is 0 Å². The zero-order valence-electron chi connectivity index (χ0n) is 13.0. The van der Waals surface area contributed by atoms with Crippen molar-refractivity contribution in [2.75, 3.05) is 13.2 Å². The van der Waals surface area contributed by atoms with Crippen molar-refractivity contribution >= 4 is 11.9 Å². The second-order valence-electron chi connectivity index (χ2n) is 6.04. The van der Waals surface area contributed by atoms with E-state index in [1.165, 1.54) is 0 Å². The Kier molecular flexibility index (Phi) is 5.83. The fraction of sp³-hybridized carbons (Fsp3) is 0.765. The van der Waals surface area contributed by atoms with Gasteiger partial charge in [0.05, 0.1) is 25.0 Å². The van der Waals surface area contributed by atoms with E-state index in [0.29, 0.717) is 13.2 Å². The molecule has 1 fully saturated rings. The largest absolute Gasteiger partial charge is 0.465 e. The van der Waals surface area contributed by atoms with Crippen LogP contribution in [0, 0.1) is 23.7 Å². The highest BCUT2D eigenvalue weighted by molar-refractivity contribution is 5.84. The summed E-state index contributed by atoms with van der Waals surface area (Å²) >= 11 is 0. The Morgan fingerprint density at radius 2 is 1.33 bits per heavy atom. The van der Waals surface area contributed by atoms with E-state index < -0.39 is 0 Å². The number of hydrogen-bond donors (Lipinski definition) is 0. The number of rotatable bonds is 8. The normalized spacial score (nSPS) is 29.6. The van der Waals surface area contributed by atoms with Crippen LogP contribution in [0.3, 0.4) is 0 Å². The molecule has 0 amide bonds. The number of ether oxygens (including phenoxy) is 2. The lowest BCUT2D eigenvalue weighted by atomic mass is 9.83. The van der Waals surface area contributed by atoms with Gasteiger partial charge in [0.2, 0.25) is 0 Å². The summed E-state index contributed by atoms with van der Waals surface area (Å²) in [5, 5.41) is 0. The van der Waals surface area contributed by atoms with Gasteiger partial charge in [0.15, 0.2) is 0 Å². The molecule has 2 bridgehead atoms. The summed E-state index contributed by atoms with van der Waals surface area (Å²) in [5.74, 6) is -0.840. The summed E-state index contributed by atoms with van der Waals surface area (Å²) in [7, 11) is 0. The summed E-state index contributed by atoms with van der Waals surface area (Å²) in [6.07, 6.45) is 8.72. The van der Waals surface area contributed by atoms with Gasteiger partial charge in [-0.05, 0) is 31.1 Å². The Balaban J connectivity index is 1.95. The van der Waals surface area contributed by atoms with Crippen molar-refractivity contribution in [1.82, 2.24) is 0 Å². The van der Waals surface area contributed by atoms with E-state index in [1.54, 1.807) is 0 Å². The summed E-state index contributed by atoms with van der Waals surface area (Å²) in [6.45, 7) is 5.01. The lowest BCUT2D eigenvalue weighted by molar-refractivity contribution is -0.161. The van der Waals surface area contributed by atoms with Gasteiger partial charge < -0.3 is 9.47 Å². The molecule has 21 heavy (non-hydrogen) atoms. The molecule has 0 spiro atoms. The van der Waals surface area contributed by atoms with E-state index in [0.717, 1.165) is 32.1 Å². The van der Waals surface area contributed by atoms with Crippen LogP contribution in [0.1, 0.15) is 46.0 Å². The SMILES string of the molecule is CCCCOC(=O)[C@@H]1[C@H](C(=O)OCCCC)[C@@H]2C=C[C@H]1C2. The number of unbranched alkanes of at least 4 members (excludes halogenated alkanes) is 2. The molecule has 4 nitrogen and oxygen atoms in total. The van der Waals surface area contributed by atoms with Crippen LogP contribution in [0.2, 0.25) is 0 Å². The molecule has 0 aromatic carbocycles. The zero-order valence-corrected chi connectivity index (χ0v) is 13.0. The first-order valence-corrected chi connectivity index (χ1v) is 8.20. The highest BCUT2D eigenvalue weighted by Crippen LogP contribution is 2.49. The molecular weight excluding hydrogens is 268 g/mol. The molecular formula is C17H26O4. The van der Waals surface area contributed by atoms with Gasteiger partial charge >= 0.3 is 11.9 Å². The van der Waals surface area contributed by atoms with Gasteiger partial charge in [0, 0.05) is 0 Å². The first kappa shape index (κ1) is 16.1. The molecule has 0 saturated heterocycles. The predicted molar refractivity (Wildman–Crippen MR) is 79.5 cm³/mol. The van der Waals surface area contributed by atoms with Gasteiger partial charge in [-0.1, -0.05) is 38.8 Å². The Bertz CT molecular complexity index is 366. The maximum Gasteiger partial charge on any atom is 0.310 e. The van der Waals surface area contributed by atoms with Crippen LogP contribution in [-0.2, 0) is 19.1 Å². The van der Waals surface area contributed by atoms with E-state index in [9.17, 15) is 9.59 Å². The molecule has 0 unspecified atom stereocenters. The smallest absolute Gasteiger partial charge is 0.310 e. The first-order chi connectivity index (χ1) is 10.2. The minimum Gasteiger partial charge on any atom is -0.465 e. The van der Waals surface area contributed by atoms with Crippen molar-refractivity contribution in [3.8, 4) is 0 Å². The van der Waals surface area contributed by atoms with Gasteiger partial charge in [-0.2, -0.15) is 0 Å². The lowest BCUT2D eigenvalue weighted by Crippen LogP contribution is -2.35. The minimum atomic E-state index is -0.342. The summed E-state index contributed by atoms with van der Waals surface area (Å²) in [5.41, 5.74) is 0. The van der Waals surface area contributed by atoms with Crippen molar-refractivity contribution in [3.63, 3.8) is 0 Å². The lowest BCUT2D eigenvalue weighted by Gasteiger charge is -2.24. The maximum atomic E-state index is 12.3. The highest BCUT2D eigenvalue weighted by atomic mass is 16.5. The van der Waals surface area contributed by atoms with Gasteiger partial charge in [0.1, 0.15) is 0 Å². The number of esters is 2. The Morgan fingerprint density at radius 1 is 0.905 bits per heavy atom. The predicted octanol–water partition coefficient (Wildman–Crippen LogP) is 3.11. The molecule has 2 rings (SSSR count). The standard InChI is InChI=1S/C17H26O4/c1-3-5-9-20-16(18)14-12-7-8-13(11-12)15(14)17(19)21-10-6-4-2/h7-8,12-15H,3-6,9-11H2,1-2H3/t12-,13+,14-,15+. The van der Waals surface area contributed by atoms with Crippen molar-refractivity contribution < 1.29 is 19.1 Å².